The first-order valence-electron chi connectivity index (χ1n) is 5.51. The molecule has 1 aliphatic heterocycles. The molecule has 1 heterocycles. The van der Waals surface area contributed by atoms with Crippen molar-refractivity contribution in [2.45, 2.75) is 6.10 Å². The van der Waals surface area contributed by atoms with E-state index in [-0.39, 0.29) is 6.10 Å². The van der Waals surface area contributed by atoms with E-state index in [1.807, 2.05) is 18.2 Å². The minimum absolute atomic E-state index is 0.0546. The molecule has 4 nitrogen and oxygen atoms in total. The minimum atomic E-state index is 0.0546. The van der Waals surface area contributed by atoms with Crippen LogP contribution in [-0.2, 0) is 4.74 Å². The number of nitrogens with two attached hydrogens (primary N) is 1. The molecule has 0 amide bonds. The lowest BCUT2D eigenvalue weighted by molar-refractivity contribution is 0.0465. The van der Waals surface area contributed by atoms with Crippen molar-refractivity contribution < 1.29 is 4.74 Å². The molecular formula is C12H14BrN3O. The molecule has 1 aromatic rings. The Morgan fingerprint density at radius 3 is 3.12 bits per heavy atom. The number of anilines is 1. The van der Waals surface area contributed by atoms with Crippen LogP contribution in [0.5, 0.6) is 0 Å². The number of morpholine rings is 1. The molecule has 0 aliphatic carbocycles. The molecule has 1 aliphatic rings. The normalized spacial score (nSPS) is 20.1. The zero-order valence-electron chi connectivity index (χ0n) is 9.40. The van der Waals surface area contributed by atoms with Crippen molar-refractivity contribution in [3.8, 4) is 6.07 Å². The number of halogens is 1. The zero-order valence-corrected chi connectivity index (χ0v) is 11.0. The predicted molar refractivity (Wildman–Crippen MR) is 69.9 cm³/mol. The van der Waals surface area contributed by atoms with Gasteiger partial charge in [-0.25, -0.2) is 0 Å². The van der Waals surface area contributed by atoms with Crippen molar-refractivity contribution >= 4 is 21.6 Å². The Morgan fingerprint density at radius 2 is 2.41 bits per heavy atom. The molecule has 0 radical (unpaired) electrons. The third-order valence-corrected chi connectivity index (χ3v) is 3.31. The smallest absolute Gasteiger partial charge is 0.101 e. The van der Waals surface area contributed by atoms with E-state index in [4.69, 9.17) is 15.7 Å². The summed E-state index contributed by atoms with van der Waals surface area (Å²) in [7, 11) is 0. The average Bonchev–Trinajstić information content (AvgIpc) is 2.38. The van der Waals surface area contributed by atoms with Crippen LogP contribution in [0.3, 0.4) is 0 Å². The Balaban J connectivity index is 2.24. The molecule has 90 valence electrons. The third kappa shape index (κ3) is 2.78. The Kier molecular flexibility index (Phi) is 4.00. The second-order valence-electron chi connectivity index (χ2n) is 3.95. The minimum Gasteiger partial charge on any atom is -0.373 e. The van der Waals surface area contributed by atoms with E-state index in [2.05, 4.69) is 26.9 Å². The van der Waals surface area contributed by atoms with E-state index < -0.39 is 0 Å². The van der Waals surface area contributed by atoms with Gasteiger partial charge in [0.05, 0.1) is 24.0 Å². The summed E-state index contributed by atoms with van der Waals surface area (Å²) in [5.74, 6) is 0. The molecule has 5 heteroatoms. The molecule has 17 heavy (non-hydrogen) atoms. The molecule has 0 aromatic heterocycles. The van der Waals surface area contributed by atoms with Gasteiger partial charge >= 0.3 is 0 Å². The third-order valence-electron chi connectivity index (χ3n) is 2.82. The molecule has 0 saturated carbocycles. The van der Waals surface area contributed by atoms with Gasteiger partial charge < -0.3 is 15.4 Å². The molecule has 1 unspecified atom stereocenters. The molecule has 1 saturated heterocycles. The van der Waals surface area contributed by atoms with Gasteiger partial charge in [-0.05, 0) is 18.2 Å². The highest BCUT2D eigenvalue weighted by molar-refractivity contribution is 9.10. The molecule has 0 bridgehead atoms. The summed E-state index contributed by atoms with van der Waals surface area (Å²) in [6.07, 6.45) is 0.0546. The summed E-state index contributed by atoms with van der Waals surface area (Å²) >= 11 is 3.37. The van der Waals surface area contributed by atoms with Crippen LogP contribution < -0.4 is 10.6 Å². The number of hydrogen-bond acceptors (Lipinski definition) is 4. The average molecular weight is 296 g/mol. The van der Waals surface area contributed by atoms with Gasteiger partial charge in [0.25, 0.3) is 0 Å². The number of nitriles is 1. The fourth-order valence-electron chi connectivity index (χ4n) is 1.95. The molecular weight excluding hydrogens is 282 g/mol. The molecule has 2 N–H and O–H groups in total. The lowest BCUT2D eigenvalue weighted by atomic mass is 10.1. The molecule has 1 aromatic carbocycles. The van der Waals surface area contributed by atoms with Crippen molar-refractivity contribution in [3.05, 3.63) is 28.2 Å². The quantitative estimate of drug-likeness (QED) is 0.898. The largest absolute Gasteiger partial charge is 0.373 e. The van der Waals surface area contributed by atoms with Crippen LogP contribution >= 0.6 is 15.9 Å². The second kappa shape index (κ2) is 5.50. The standard InChI is InChI=1S/C12H14BrN3O/c13-10-1-2-12(9(5-10)6-14)16-3-4-17-11(7-15)8-16/h1-2,5,11H,3-4,7-8,15H2. The van der Waals surface area contributed by atoms with E-state index in [0.29, 0.717) is 18.7 Å². The lowest BCUT2D eigenvalue weighted by Gasteiger charge is -2.34. The van der Waals surface area contributed by atoms with Crippen LogP contribution in [0.15, 0.2) is 22.7 Å². The summed E-state index contributed by atoms with van der Waals surface area (Å²) in [6.45, 7) is 2.71. The Labute approximate surface area is 109 Å². The van der Waals surface area contributed by atoms with Crippen molar-refractivity contribution in [2.75, 3.05) is 31.1 Å². The Hall–Kier alpha value is -1.09. The predicted octanol–water partition coefficient (Wildman–Crippen LogP) is 1.48. The molecule has 0 spiro atoms. The van der Waals surface area contributed by atoms with Crippen molar-refractivity contribution in [3.63, 3.8) is 0 Å². The monoisotopic (exact) mass is 295 g/mol. The van der Waals surface area contributed by atoms with E-state index >= 15 is 0 Å². The van der Waals surface area contributed by atoms with Crippen molar-refractivity contribution in [2.24, 2.45) is 5.73 Å². The summed E-state index contributed by atoms with van der Waals surface area (Å²) < 4.78 is 6.44. The highest BCUT2D eigenvalue weighted by atomic mass is 79.9. The first-order chi connectivity index (χ1) is 8.24. The topological polar surface area (TPSA) is 62.3 Å². The van der Waals surface area contributed by atoms with Crippen molar-refractivity contribution in [1.29, 1.82) is 5.26 Å². The number of hydrogen-bond donors (Lipinski definition) is 1. The van der Waals surface area contributed by atoms with Gasteiger partial charge in [0, 0.05) is 24.1 Å². The van der Waals surface area contributed by atoms with Crippen LogP contribution in [0.4, 0.5) is 5.69 Å². The fraction of sp³-hybridized carbons (Fsp3) is 0.417. The van der Waals surface area contributed by atoms with Crippen LogP contribution in [0.25, 0.3) is 0 Å². The summed E-state index contributed by atoms with van der Waals surface area (Å²) in [6, 6.07) is 7.97. The Bertz CT molecular complexity index is 444. The van der Waals surface area contributed by atoms with Crippen LogP contribution in [0.2, 0.25) is 0 Å². The van der Waals surface area contributed by atoms with E-state index in [1.165, 1.54) is 0 Å². The summed E-state index contributed by atoms with van der Waals surface area (Å²) in [5.41, 5.74) is 7.25. The van der Waals surface area contributed by atoms with E-state index in [1.54, 1.807) is 0 Å². The van der Waals surface area contributed by atoms with Gasteiger partial charge in [-0.2, -0.15) is 5.26 Å². The van der Waals surface area contributed by atoms with Gasteiger partial charge in [-0.3, -0.25) is 0 Å². The van der Waals surface area contributed by atoms with Gasteiger partial charge in [-0.1, -0.05) is 15.9 Å². The molecule has 1 fully saturated rings. The number of nitrogens with zero attached hydrogens (tertiary/aromatic N) is 2. The SMILES string of the molecule is N#Cc1cc(Br)ccc1N1CCOC(CN)C1. The number of benzene rings is 1. The van der Waals surface area contributed by atoms with Crippen LogP contribution in [-0.4, -0.2) is 32.3 Å². The first kappa shape index (κ1) is 12.4. The number of ether oxygens (including phenoxy) is 1. The van der Waals surface area contributed by atoms with Gasteiger partial charge in [0.2, 0.25) is 0 Å². The van der Waals surface area contributed by atoms with Crippen molar-refractivity contribution in [1.82, 2.24) is 0 Å². The fourth-order valence-corrected chi connectivity index (χ4v) is 2.32. The maximum absolute atomic E-state index is 9.14. The summed E-state index contributed by atoms with van der Waals surface area (Å²) in [4.78, 5) is 2.16. The molecule has 2 rings (SSSR count). The van der Waals surface area contributed by atoms with Crippen LogP contribution in [0.1, 0.15) is 5.56 Å². The maximum Gasteiger partial charge on any atom is 0.101 e. The highest BCUT2D eigenvalue weighted by Crippen LogP contribution is 2.25. The van der Waals surface area contributed by atoms with E-state index in [0.717, 1.165) is 23.2 Å². The van der Waals surface area contributed by atoms with Gasteiger partial charge in [0.1, 0.15) is 6.07 Å². The lowest BCUT2D eigenvalue weighted by Crippen LogP contribution is -2.45. The van der Waals surface area contributed by atoms with Gasteiger partial charge in [0.15, 0.2) is 0 Å². The summed E-state index contributed by atoms with van der Waals surface area (Å²) in [5, 5.41) is 9.14. The number of rotatable bonds is 2. The Morgan fingerprint density at radius 1 is 1.59 bits per heavy atom. The first-order valence-corrected chi connectivity index (χ1v) is 6.30. The zero-order chi connectivity index (χ0) is 12.3. The molecule has 1 atom stereocenters. The maximum atomic E-state index is 9.14. The van der Waals surface area contributed by atoms with Gasteiger partial charge in [-0.15, -0.1) is 0 Å². The second-order valence-corrected chi connectivity index (χ2v) is 4.86. The van der Waals surface area contributed by atoms with Crippen LogP contribution in [0, 0.1) is 11.3 Å². The van der Waals surface area contributed by atoms with E-state index in [9.17, 15) is 0 Å². The highest BCUT2D eigenvalue weighted by Gasteiger charge is 2.21.